The molecule has 2 rings (SSSR count). The number of carbonyl (C=O) groups is 1. The number of rotatable bonds is 5. The van der Waals surface area contributed by atoms with Crippen LogP contribution in [0.25, 0.3) is 0 Å². The summed E-state index contributed by atoms with van der Waals surface area (Å²) in [4.78, 5) is 12.7. The number of thioether (sulfide) groups is 1. The number of hydrogen-bond acceptors (Lipinski definition) is 3. The van der Waals surface area contributed by atoms with E-state index in [1.807, 2.05) is 25.1 Å². The molecule has 3 nitrogen and oxygen atoms in total. The number of nitrogens with one attached hydrogen (secondary N) is 1. The Bertz CT molecular complexity index is 469. The molecular formula is C14H18BrNO2S. The van der Waals surface area contributed by atoms with Crippen LogP contribution in [-0.4, -0.2) is 28.4 Å². The molecule has 0 saturated heterocycles. The number of halogens is 1. The molecule has 0 bridgehead atoms. The minimum absolute atomic E-state index is 0.355. The summed E-state index contributed by atoms with van der Waals surface area (Å²) in [6, 6.07) is 8.09. The lowest BCUT2D eigenvalue weighted by molar-refractivity contribution is -0.144. The van der Waals surface area contributed by atoms with Crippen LogP contribution in [0.1, 0.15) is 26.2 Å². The molecule has 19 heavy (non-hydrogen) atoms. The van der Waals surface area contributed by atoms with E-state index in [1.54, 1.807) is 11.8 Å². The van der Waals surface area contributed by atoms with Crippen LogP contribution in [0.15, 0.2) is 33.6 Å². The summed E-state index contributed by atoms with van der Waals surface area (Å²) < 4.78 is 1.08. The number of likely N-dealkylation sites (N-methyl/N-ethyl adjacent to an activating group) is 1. The van der Waals surface area contributed by atoms with Gasteiger partial charge in [-0.25, -0.2) is 0 Å². The quantitative estimate of drug-likeness (QED) is 0.858. The normalized spacial score (nSPS) is 26.5. The maximum Gasteiger partial charge on any atom is 0.323 e. The van der Waals surface area contributed by atoms with Gasteiger partial charge < -0.3 is 10.4 Å². The highest BCUT2D eigenvalue weighted by Crippen LogP contribution is 2.42. The van der Waals surface area contributed by atoms with Crippen LogP contribution in [-0.2, 0) is 4.79 Å². The SMILES string of the molecule is CCNC1(C(=O)O)CCC(Sc2ccccc2Br)C1. The lowest BCUT2D eigenvalue weighted by Crippen LogP contribution is -2.50. The molecular weight excluding hydrogens is 326 g/mol. The van der Waals surface area contributed by atoms with Gasteiger partial charge in [-0.05, 0) is 53.9 Å². The van der Waals surface area contributed by atoms with Crippen molar-refractivity contribution in [1.29, 1.82) is 0 Å². The molecule has 0 aromatic heterocycles. The van der Waals surface area contributed by atoms with Crippen LogP contribution in [0.4, 0.5) is 0 Å². The summed E-state index contributed by atoms with van der Waals surface area (Å²) in [6.45, 7) is 2.65. The summed E-state index contributed by atoms with van der Waals surface area (Å²) in [5.74, 6) is -0.718. The molecule has 0 spiro atoms. The van der Waals surface area contributed by atoms with Crippen molar-refractivity contribution < 1.29 is 9.90 Å². The Morgan fingerprint density at radius 2 is 2.32 bits per heavy atom. The number of hydrogen-bond donors (Lipinski definition) is 2. The Morgan fingerprint density at radius 1 is 1.58 bits per heavy atom. The van der Waals surface area contributed by atoms with E-state index in [9.17, 15) is 9.90 Å². The van der Waals surface area contributed by atoms with Crippen molar-refractivity contribution in [2.75, 3.05) is 6.54 Å². The highest BCUT2D eigenvalue weighted by atomic mass is 79.9. The fourth-order valence-corrected chi connectivity index (χ4v) is 4.46. The lowest BCUT2D eigenvalue weighted by Gasteiger charge is -2.25. The fraction of sp³-hybridized carbons (Fsp3) is 0.500. The highest BCUT2D eigenvalue weighted by molar-refractivity contribution is 9.10. The Morgan fingerprint density at radius 3 is 2.95 bits per heavy atom. The van der Waals surface area contributed by atoms with Gasteiger partial charge in [0.05, 0.1) is 0 Å². The number of carboxylic acids is 1. The third-order valence-electron chi connectivity index (χ3n) is 3.52. The van der Waals surface area contributed by atoms with Crippen molar-refractivity contribution in [2.45, 2.75) is 41.9 Å². The van der Waals surface area contributed by atoms with E-state index in [0.29, 0.717) is 24.6 Å². The van der Waals surface area contributed by atoms with E-state index < -0.39 is 11.5 Å². The van der Waals surface area contributed by atoms with Gasteiger partial charge in [0, 0.05) is 14.6 Å². The van der Waals surface area contributed by atoms with Gasteiger partial charge in [-0.1, -0.05) is 19.1 Å². The lowest BCUT2D eigenvalue weighted by atomic mass is 9.98. The summed E-state index contributed by atoms with van der Waals surface area (Å²) in [5.41, 5.74) is -0.728. The molecule has 104 valence electrons. The molecule has 1 aliphatic carbocycles. The molecule has 1 aromatic rings. The average molecular weight is 344 g/mol. The van der Waals surface area contributed by atoms with Gasteiger partial charge in [0.1, 0.15) is 5.54 Å². The molecule has 0 amide bonds. The third-order valence-corrected chi connectivity index (χ3v) is 5.82. The van der Waals surface area contributed by atoms with Crippen LogP contribution in [0.3, 0.4) is 0 Å². The first kappa shape index (κ1) is 14.9. The molecule has 1 fully saturated rings. The Hall–Kier alpha value is -0.520. The summed E-state index contributed by atoms with van der Waals surface area (Å²) in [5, 5.41) is 13.0. The number of aliphatic carboxylic acids is 1. The fourth-order valence-electron chi connectivity index (χ4n) is 2.59. The zero-order chi connectivity index (χ0) is 13.9. The molecule has 0 aliphatic heterocycles. The van der Waals surface area contributed by atoms with E-state index >= 15 is 0 Å². The van der Waals surface area contributed by atoms with Crippen molar-refractivity contribution in [2.24, 2.45) is 0 Å². The van der Waals surface area contributed by atoms with E-state index in [2.05, 4.69) is 27.3 Å². The second-order valence-corrected chi connectivity index (χ2v) is 7.03. The van der Waals surface area contributed by atoms with E-state index in [0.717, 1.165) is 10.9 Å². The van der Waals surface area contributed by atoms with E-state index in [4.69, 9.17) is 0 Å². The smallest absolute Gasteiger partial charge is 0.323 e. The topological polar surface area (TPSA) is 49.3 Å². The van der Waals surface area contributed by atoms with Crippen LogP contribution in [0.2, 0.25) is 0 Å². The largest absolute Gasteiger partial charge is 0.480 e. The van der Waals surface area contributed by atoms with Gasteiger partial charge in [0.25, 0.3) is 0 Å². The number of benzene rings is 1. The second kappa shape index (κ2) is 6.29. The van der Waals surface area contributed by atoms with Gasteiger partial charge >= 0.3 is 5.97 Å². The van der Waals surface area contributed by atoms with Crippen LogP contribution in [0, 0.1) is 0 Å². The monoisotopic (exact) mass is 343 g/mol. The van der Waals surface area contributed by atoms with Gasteiger partial charge in [0.2, 0.25) is 0 Å². The van der Waals surface area contributed by atoms with Crippen LogP contribution < -0.4 is 5.32 Å². The zero-order valence-corrected chi connectivity index (χ0v) is 13.3. The van der Waals surface area contributed by atoms with Crippen molar-refractivity contribution in [3.05, 3.63) is 28.7 Å². The molecule has 5 heteroatoms. The summed E-state index contributed by atoms with van der Waals surface area (Å²) >= 11 is 5.31. The summed E-state index contributed by atoms with van der Waals surface area (Å²) in [7, 11) is 0. The van der Waals surface area contributed by atoms with Crippen molar-refractivity contribution >= 4 is 33.7 Å². The zero-order valence-electron chi connectivity index (χ0n) is 10.9. The molecule has 0 heterocycles. The predicted molar refractivity (Wildman–Crippen MR) is 81.7 cm³/mol. The minimum Gasteiger partial charge on any atom is -0.480 e. The van der Waals surface area contributed by atoms with Gasteiger partial charge in [0.15, 0.2) is 0 Å². The number of carboxylic acid groups (broad SMARTS) is 1. The van der Waals surface area contributed by atoms with E-state index in [-0.39, 0.29) is 0 Å². The van der Waals surface area contributed by atoms with Gasteiger partial charge in [-0.2, -0.15) is 0 Å². The maximum atomic E-state index is 11.5. The standard InChI is InChI=1S/C14H18BrNO2S/c1-2-16-14(13(17)18)8-7-10(9-14)19-12-6-4-3-5-11(12)15/h3-6,10,16H,2,7-9H2,1H3,(H,17,18). The van der Waals surface area contributed by atoms with Gasteiger partial charge in [-0.3, -0.25) is 4.79 Å². The van der Waals surface area contributed by atoms with E-state index in [1.165, 1.54) is 4.90 Å². The molecule has 2 unspecified atom stereocenters. The predicted octanol–water partition coefficient (Wildman–Crippen LogP) is 3.53. The second-order valence-electron chi connectivity index (χ2n) is 4.83. The molecule has 1 aliphatic rings. The molecule has 2 atom stereocenters. The first-order valence-electron chi connectivity index (χ1n) is 6.47. The third kappa shape index (κ3) is 3.33. The van der Waals surface area contributed by atoms with Crippen molar-refractivity contribution in [1.82, 2.24) is 5.32 Å². The van der Waals surface area contributed by atoms with Crippen molar-refractivity contribution in [3.8, 4) is 0 Å². The molecule has 1 saturated carbocycles. The summed E-state index contributed by atoms with van der Waals surface area (Å²) in [6.07, 6.45) is 2.33. The Labute approximate surface area is 126 Å². The first-order valence-corrected chi connectivity index (χ1v) is 8.14. The van der Waals surface area contributed by atoms with Crippen LogP contribution in [0.5, 0.6) is 0 Å². The Balaban J connectivity index is 2.06. The maximum absolute atomic E-state index is 11.5. The Kier molecular flexibility index (Phi) is 4.92. The van der Waals surface area contributed by atoms with Crippen molar-refractivity contribution in [3.63, 3.8) is 0 Å². The highest BCUT2D eigenvalue weighted by Gasteiger charge is 2.45. The molecule has 2 N–H and O–H groups in total. The molecule has 1 aromatic carbocycles. The first-order chi connectivity index (χ1) is 9.07. The minimum atomic E-state index is -0.728. The average Bonchev–Trinajstić information content (AvgIpc) is 2.77. The van der Waals surface area contributed by atoms with Crippen LogP contribution >= 0.6 is 27.7 Å². The molecule has 0 radical (unpaired) electrons. The van der Waals surface area contributed by atoms with Gasteiger partial charge in [-0.15, -0.1) is 11.8 Å².